The molecule has 0 heterocycles. The average Bonchev–Trinajstić information content (AvgIpc) is 2.41. The monoisotopic (exact) mass is 352 g/mol. The van der Waals surface area contributed by atoms with Crippen molar-refractivity contribution < 1.29 is 4.79 Å². The predicted molar refractivity (Wildman–Crippen MR) is 87.8 cm³/mol. The second kappa shape index (κ2) is 6.29. The number of hydrogen-bond donors (Lipinski definition) is 2. The molecule has 2 aromatic rings. The molecular formula is C15H14BrClN2O. The zero-order valence-corrected chi connectivity index (χ0v) is 13.5. The van der Waals surface area contributed by atoms with Gasteiger partial charge in [-0.05, 0) is 58.7 Å². The maximum atomic E-state index is 12.3. The van der Waals surface area contributed by atoms with Gasteiger partial charge in [-0.1, -0.05) is 17.7 Å². The molecule has 0 bridgehead atoms. The lowest BCUT2D eigenvalue weighted by molar-refractivity contribution is 0.102. The van der Waals surface area contributed by atoms with Gasteiger partial charge in [-0.2, -0.15) is 0 Å². The smallest absolute Gasteiger partial charge is 0.257 e. The summed E-state index contributed by atoms with van der Waals surface area (Å²) in [6.07, 6.45) is 0. The molecule has 0 fully saturated rings. The molecule has 5 heteroatoms. The van der Waals surface area contributed by atoms with Crippen LogP contribution in [-0.4, -0.2) is 13.0 Å². The first-order chi connectivity index (χ1) is 9.51. The number of halogens is 2. The number of benzene rings is 2. The Bertz CT molecular complexity index is 658. The van der Waals surface area contributed by atoms with E-state index in [4.69, 9.17) is 11.6 Å². The lowest BCUT2D eigenvalue weighted by atomic mass is 10.1. The molecule has 0 aliphatic rings. The summed E-state index contributed by atoms with van der Waals surface area (Å²) >= 11 is 9.26. The van der Waals surface area contributed by atoms with E-state index < -0.39 is 0 Å². The molecular weight excluding hydrogens is 340 g/mol. The first-order valence-electron chi connectivity index (χ1n) is 6.06. The molecule has 0 radical (unpaired) electrons. The topological polar surface area (TPSA) is 41.1 Å². The highest BCUT2D eigenvalue weighted by Gasteiger charge is 2.12. The minimum absolute atomic E-state index is 0.169. The Morgan fingerprint density at radius 2 is 1.90 bits per heavy atom. The minimum Gasteiger partial charge on any atom is -0.387 e. The van der Waals surface area contributed by atoms with Gasteiger partial charge in [-0.15, -0.1) is 0 Å². The fourth-order valence-electron chi connectivity index (χ4n) is 1.84. The number of carbonyl (C=O) groups excluding carboxylic acids is 1. The van der Waals surface area contributed by atoms with Crippen molar-refractivity contribution in [2.75, 3.05) is 17.7 Å². The van der Waals surface area contributed by atoms with Gasteiger partial charge in [0.15, 0.2) is 0 Å². The van der Waals surface area contributed by atoms with E-state index in [0.717, 1.165) is 15.7 Å². The maximum absolute atomic E-state index is 12.3. The van der Waals surface area contributed by atoms with E-state index in [-0.39, 0.29) is 5.91 Å². The van der Waals surface area contributed by atoms with Gasteiger partial charge in [0.1, 0.15) is 0 Å². The van der Waals surface area contributed by atoms with Crippen LogP contribution in [-0.2, 0) is 0 Å². The van der Waals surface area contributed by atoms with E-state index in [1.807, 2.05) is 19.1 Å². The Morgan fingerprint density at radius 3 is 2.55 bits per heavy atom. The third kappa shape index (κ3) is 3.32. The molecule has 2 N–H and O–H groups in total. The quantitative estimate of drug-likeness (QED) is 0.839. The summed E-state index contributed by atoms with van der Waals surface area (Å²) in [7, 11) is 1.80. The van der Waals surface area contributed by atoms with Crippen LogP contribution >= 0.6 is 27.5 Å². The van der Waals surface area contributed by atoms with Gasteiger partial charge < -0.3 is 10.6 Å². The van der Waals surface area contributed by atoms with Crippen LogP contribution in [0.25, 0.3) is 0 Å². The Kier molecular flexibility index (Phi) is 4.68. The number of nitrogens with one attached hydrogen (secondary N) is 2. The van der Waals surface area contributed by atoms with Crippen LogP contribution < -0.4 is 10.6 Å². The van der Waals surface area contributed by atoms with Gasteiger partial charge in [-0.25, -0.2) is 0 Å². The lowest BCUT2D eigenvalue weighted by Gasteiger charge is -2.12. The van der Waals surface area contributed by atoms with Crippen molar-refractivity contribution in [3.8, 4) is 0 Å². The zero-order chi connectivity index (χ0) is 14.7. The zero-order valence-electron chi connectivity index (χ0n) is 11.1. The molecule has 2 rings (SSSR count). The third-order valence-corrected chi connectivity index (χ3v) is 3.76. The van der Waals surface area contributed by atoms with E-state index in [1.54, 1.807) is 31.3 Å². The van der Waals surface area contributed by atoms with Gasteiger partial charge in [0, 0.05) is 22.2 Å². The van der Waals surface area contributed by atoms with Gasteiger partial charge in [0.05, 0.1) is 11.3 Å². The molecule has 0 spiro atoms. The molecule has 104 valence electrons. The highest BCUT2D eigenvalue weighted by Crippen LogP contribution is 2.27. The molecule has 20 heavy (non-hydrogen) atoms. The normalized spacial score (nSPS) is 10.2. The van der Waals surface area contributed by atoms with Crippen molar-refractivity contribution >= 4 is 44.8 Å². The van der Waals surface area contributed by atoms with Crippen LogP contribution in [0.4, 0.5) is 11.4 Å². The molecule has 0 unspecified atom stereocenters. The van der Waals surface area contributed by atoms with Gasteiger partial charge >= 0.3 is 0 Å². The molecule has 0 aliphatic carbocycles. The van der Waals surface area contributed by atoms with Crippen LogP contribution in [0.1, 0.15) is 15.9 Å². The Balaban J connectivity index is 2.28. The summed E-state index contributed by atoms with van der Waals surface area (Å²) in [5, 5.41) is 6.51. The van der Waals surface area contributed by atoms with Crippen LogP contribution in [0.5, 0.6) is 0 Å². The molecule has 0 saturated carbocycles. The first-order valence-corrected chi connectivity index (χ1v) is 7.23. The van der Waals surface area contributed by atoms with Crippen molar-refractivity contribution in [2.45, 2.75) is 6.92 Å². The fourth-order valence-corrected chi connectivity index (χ4v) is 2.63. The average molecular weight is 354 g/mol. The minimum atomic E-state index is -0.169. The second-order valence-electron chi connectivity index (χ2n) is 4.38. The standard InChI is InChI=1S/C15H14BrClN2O/c1-9-3-5-11(14(7-9)18-2)15(20)19-13-6-4-10(17)8-12(13)16/h3-8,18H,1-2H3,(H,19,20). The van der Waals surface area contributed by atoms with Gasteiger partial charge in [-0.3, -0.25) is 4.79 Å². The number of rotatable bonds is 3. The molecule has 3 nitrogen and oxygen atoms in total. The predicted octanol–water partition coefficient (Wildman–Crippen LogP) is 4.70. The van der Waals surface area contributed by atoms with Gasteiger partial charge in [0.25, 0.3) is 5.91 Å². The van der Waals surface area contributed by atoms with Gasteiger partial charge in [0.2, 0.25) is 0 Å². The summed E-state index contributed by atoms with van der Waals surface area (Å²) < 4.78 is 0.747. The molecule has 0 aliphatic heterocycles. The number of hydrogen-bond acceptors (Lipinski definition) is 2. The van der Waals surface area contributed by atoms with E-state index in [1.165, 1.54) is 0 Å². The summed E-state index contributed by atoms with van der Waals surface area (Å²) in [5.74, 6) is -0.169. The highest BCUT2D eigenvalue weighted by atomic mass is 79.9. The van der Waals surface area contributed by atoms with Crippen LogP contribution in [0.15, 0.2) is 40.9 Å². The molecule has 1 amide bonds. The lowest BCUT2D eigenvalue weighted by Crippen LogP contribution is -2.14. The van der Waals surface area contributed by atoms with E-state index >= 15 is 0 Å². The van der Waals surface area contributed by atoms with E-state index in [2.05, 4.69) is 26.6 Å². The Labute approximate surface area is 131 Å². The highest BCUT2D eigenvalue weighted by molar-refractivity contribution is 9.10. The van der Waals surface area contributed by atoms with Crippen molar-refractivity contribution in [1.82, 2.24) is 0 Å². The van der Waals surface area contributed by atoms with E-state index in [0.29, 0.717) is 16.3 Å². The third-order valence-electron chi connectivity index (χ3n) is 2.87. The van der Waals surface area contributed by atoms with E-state index in [9.17, 15) is 4.79 Å². The number of amides is 1. The van der Waals surface area contributed by atoms with Crippen molar-refractivity contribution in [3.63, 3.8) is 0 Å². The van der Waals surface area contributed by atoms with Crippen LogP contribution in [0, 0.1) is 6.92 Å². The van der Waals surface area contributed by atoms with Crippen molar-refractivity contribution in [3.05, 3.63) is 57.0 Å². The summed E-state index contributed by atoms with van der Waals surface area (Å²) in [4.78, 5) is 12.3. The summed E-state index contributed by atoms with van der Waals surface area (Å²) in [6.45, 7) is 1.98. The largest absolute Gasteiger partial charge is 0.387 e. The molecule has 0 aromatic heterocycles. The van der Waals surface area contributed by atoms with Crippen LogP contribution in [0.3, 0.4) is 0 Å². The Hall–Kier alpha value is -1.52. The van der Waals surface area contributed by atoms with Crippen LogP contribution in [0.2, 0.25) is 5.02 Å². The van der Waals surface area contributed by atoms with Crippen molar-refractivity contribution in [2.24, 2.45) is 0 Å². The Morgan fingerprint density at radius 1 is 1.15 bits per heavy atom. The molecule has 0 saturated heterocycles. The number of anilines is 2. The molecule has 0 atom stereocenters. The second-order valence-corrected chi connectivity index (χ2v) is 5.67. The summed E-state index contributed by atoms with van der Waals surface area (Å²) in [6, 6.07) is 10.9. The first kappa shape index (κ1) is 14.9. The number of aryl methyl sites for hydroxylation is 1. The molecule has 2 aromatic carbocycles. The SMILES string of the molecule is CNc1cc(C)ccc1C(=O)Nc1ccc(Cl)cc1Br. The maximum Gasteiger partial charge on any atom is 0.257 e. The van der Waals surface area contributed by atoms with Crippen molar-refractivity contribution in [1.29, 1.82) is 0 Å². The summed E-state index contributed by atoms with van der Waals surface area (Å²) in [5.41, 5.74) is 3.17. The number of carbonyl (C=O) groups is 1. The fraction of sp³-hybridized carbons (Fsp3) is 0.133.